The molecule has 0 radical (unpaired) electrons. The summed E-state index contributed by atoms with van der Waals surface area (Å²) in [5.41, 5.74) is 1.74. The van der Waals surface area contributed by atoms with E-state index in [4.69, 9.17) is 4.74 Å². The number of piperidine rings is 1. The highest BCUT2D eigenvalue weighted by molar-refractivity contribution is 7.09. The topological polar surface area (TPSA) is 32.8 Å². The van der Waals surface area contributed by atoms with Crippen molar-refractivity contribution in [1.82, 2.24) is 4.90 Å². The lowest BCUT2D eigenvalue weighted by molar-refractivity contribution is 0.00239. The molecule has 2 aliphatic rings. The quantitative estimate of drug-likeness (QED) is 0.585. The second-order valence-corrected chi connectivity index (χ2v) is 9.19. The van der Waals surface area contributed by atoms with Crippen molar-refractivity contribution in [3.8, 4) is 5.75 Å². The van der Waals surface area contributed by atoms with Crippen molar-refractivity contribution in [3.63, 3.8) is 0 Å². The first-order chi connectivity index (χ1) is 14.7. The van der Waals surface area contributed by atoms with Crippen LogP contribution in [0, 0.1) is 0 Å². The molecule has 0 bridgehead atoms. The highest BCUT2D eigenvalue weighted by Gasteiger charge is 2.40. The fourth-order valence-corrected chi connectivity index (χ4v) is 5.26. The molecule has 3 heterocycles. The van der Waals surface area contributed by atoms with E-state index in [1.807, 2.05) is 35.2 Å². The Balaban J connectivity index is 1.32. The van der Waals surface area contributed by atoms with Crippen LogP contribution in [0.25, 0.3) is 0 Å². The Labute approximate surface area is 181 Å². The number of anilines is 1. The Morgan fingerprint density at radius 2 is 1.63 bits per heavy atom. The van der Waals surface area contributed by atoms with E-state index < -0.39 is 0 Å². The minimum absolute atomic E-state index is 0.124. The van der Waals surface area contributed by atoms with Gasteiger partial charge in [-0.05, 0) is 35.7 Å². The number of nitrogens with zero attached hydrogens (tertiary/aromatic N) is 2. The minimum Gasteiger partial charge on any atom is -0.485 e. The molecule has 1 fully saturated rings. The van der Waals surface area contributed by atoms with E-state index >= 15 is 0 Å². The normalized spacial score (nSPS) is 17.9. The summed E-state index contributed by atoms with van der Waals surface area (Å²) in [6.45, 7) is 3.34. The first-order valence-electron chi connectivity index (χ1n) is 10.6. The van der Waals surface area contributed by atoms with Crippen molar-refractivity contribution < 1.29 is 9.53 Å². The highest BCUT2D eigenvalue weighted by atomic mass is 32.1. The van der Waals surface area contributed by atoms with Crippen molar-refractivity contribution >= 4 is 22.9 Å². The molecule has 154 valence electrons. The van der Waals surface area contributed by atoms with Crippen LogP contribution in [-0.2, 0) is 6.54 Å². The van der Waals surface area contributed by atoms with Gasteiger partial charge in [-0.25, -0.2) is 0 Å². The van der Waals surface area contributed by atoms with Crippen molar-refractivity contribution in [1.29, 1.82) is 0 Å². The molecule has 0 unspecified atom stereocenters. The van der Waals surface area contributed by atoms with Crippen LogP contribution in [0.5, 0.6) is 5.75 Å². The predicted molar refractivity (Wildman–Crippen MR) is 121 cm³/mol. The Kier molecular flexibility index (Phi) is 5.21. The molecule has 1 saturated heterocycles. The minimum atomic E-state index is -0.201. The van der Waals surface area contributed by atoms with Gasteiger partial charge in [-0.3, -0.25) is 4.79 Å². The molecule has 4 nitrogen and oxygen atoms in total. The summed E-state index contributed by atoms with van der Waals surface area (Å²) in [4.78, 5) is 18.6. The summed E-state index contributed by atoms with van der Waals surface area (Å²) in [7, 11) is 0. The van der Waals surface area contributed by atoms with Crippen LogP contribution < -0.4 is 9.64 Å². The molecule has 5 rings (SSSR count). The van der Waals surface area contributed by atoms with E-state index in [2.05, 4.69) is 46.7 Å². The molecule has 0 atom stereocenters. The second-order valence-electron chi connectivity index (χ2n) is 8.16. The molecule has 2 aromatic carbocycles. The third kappa shape index (κ3) is 3.82. The van der Waals surface area contributed by atoms with Crippen LogP contribution in [0.1, 0.15) is 34.5 Å². The molecule has 2 aliphatic heterocycles. The van der Waals surface area contributed by atoms with Crippen molar-refractivity contribution in [2.24, 2.45) is 0 Å². The average molecular weight is 419 g/mol. The van der Waals surface area contributed by atoms with Gasteiger partial charge >= 0.3 is 0 Å². The number of likely N-dealkylation sites (tertiary alicyclic amines) is 1. The van der Waals surface area contributed by atoms with E-state index in [0.29, 0.717) is 0 Å². The smallest absolute Gasteiger partial charge is 0.253 e. The van der Waals surface area contributed by atoms with E-state index in [-0.39, 0.29) is 11.5 Å². The number of benzene rings is 2. The van der Waals surface area contributed by atoms with E-state index in [1.54, 1.807) is 11.3 Å². The lowest BCUT2D eigenvalue weighted by atomic mass is 9.87. The number of carbonyl (C=O) groups excluding carboxylic acids is 1. The zero-order chi connectivity index (χ0) is 20.4. The Hall–Kier alpha value is -2.79. The maximum Gasteiger partial charge on any atom is 0.253 e. The monoisotopic (exact) mass is 418 g/mol. The molecule has 5 heteroatoms. The Bertz CT molecular complexity index is 995. The van der Waals surface area contributed by atoms with Crippen LogP contribution in [0.4, 0.5) is 5.69 Å². The largest absolute Gasteiger partial charge is 0.485 e. The number of hydrogen-bond acceptors (Lipinski definition) is 4. The molecule has 0 aliphatic carbocycles. The number of fused-ring (bicyclic) bond motifs is 1. The molecule has 0 N–H and O–H groups in total. The van der Waals surface area contributed by atoms with Gasteiger partial charge in [0.25, 0.3) is 5.91 Å². The van der Waals surface area contributed by atoms with Crippen LogP contribution in [0.2, 0.25) is 0 Å². The van der Waals surface area contributed by atoms with Gasteiger partial charge < -0.3 is 14.5 Å². The van der Waals surface area contributed by atoms with Gasteiger partial charge in [0.1, 0.15) is 11.4 Å². The van der Waals surface area contributed by atoms with E-state index in [1.165, 1.54) is 10.6 Å². The number of thiophene rings is 1. The Morgan fingerprint density at radius 3 is 2.40 bits per heavy atom. The zero-order valence-electron chi connectivity index (χ0n) is 17.0. The molecular weight excluding hydrogens is 392 g/mol. The molecule has 1 aromatic heterocycles. The molecule has 0 saturated carbocycles. The number of amides is 1. The maximum absolute atomic E-state index is 12.8. The molecule has 30 heavy (non-hydrogen) atoms. The van der Waals surface area contributed by atoms with Crippen LogP contribution in [-0.4, -0.2) is 36.0 Å². The van der Waals surface area contributed by atoms with Gasteiger partial charge in [0, 0.05) is 49.3 Å². The number of hydrogen-bond donors (Lipinski definition) is 0. The summed E-state index contributed by atoms with van der Waals surface area (Å²) in [5.74, 6) is 1.09. The Morgan fingerprint density at radius 1 is 0.900 bits per heavy atom. The van der Waals surface area contributed by atoms with Crippen molar-refractivity contribution in [3.05, 3.63) is 82.6 Å². The van der Waals surface area contributed by atoms with Gasteiger partial charge in [-0.2, -0.15) is 0 Å². The second kappa shape index (κ2) is 8.15. The fraction of sp³-hybridized carbons (Fsp3) is 0.320. The molecular formula is C25H26N2O2S. The van der Waals surface area contributed by atoms with Crippen LogP contribution in [0.15, 0.2) is 72.1 Å². The summed E-state index contributed by atoms with van der Waals surface area (Å²) < 4.78 is 6.69. The summed E-state index contributed by atoms with van der Waals surface area (Å²) >= 11 is 1.80. The van der Waals surface area contributed by atoms with E-state index in [9.17, 15) is 4.79 Å². The maximum atomic E-state index is 12.8. The average Bonchev–Trinajstić information content (AvgIpc) is 3.26. The molecule has 1 amide bonds. The van der Waals surface area contributed by atoms with Gasteiger partial charge in [-0.1, -0.05) is 36.4 Å². The van der Waals surface area contributed by atoms with Crippen molar-refractivity contribution in [2.75, 3.05) is 24.5 Å². The summed E-state index contributed by atoms with van der Waals surface area (Å²) in [6, 6.07) is 22.3. The van der Waals surface area contributed by atoms with Crippen LogP contribution in [0.3, 0.4) is 0 Å². The lowest BCUT2D eigenvalue weighted by Crippen LogP contribution is -2.50. The van der Waals surface area contributed by atoms with E-state index in [0.717, 1.165) is 56.8 Å². The SMILES string of the molecule is O=C(c1ccccc1)N1CCC2(CC1)CCN(Cc1cccs1)c1ccccc1O2. The van der Waals surface area contributed by atoms with Gasteiger partial charge in [0.2, 0.25) is 0 Å². The molecule has 3 aromatic rings. The number of ether oxygens (including phenoxy) is 1. The summed E-state index contributed by atoms with van der Waals surface area (Å²) in [5, 5.41) is 2.14. The first-order valence-corrected chi connectivity index (χ1v) is 11.5. The standard InChI is InChI=1S/C25H26N2O2S/c28-24(20-7-2-1-3-8-20)26-15-12-25(13-16-26)14-17-27(19-21-9-6-18-30-21)22-10-4-5-11-23(22)29-25/h1-11,18H,12-17,19H2. The van der Waals surface area contributed by atoms with Crippen LogP contribution >= 0.6 is 11.3 Å². The molecule has 1 spiro atoms. The summed E-state index contributed by atoms with van der Waals surface area (Å²) in [6.07, 6.45) is 2.71. The van der Waals surface area contributed by atoms with Gasteiger partial charge in [-0.15, -0.1) is 11.3 Å². The van der Waals surface area contributed by atoms with Gasteiger partial charge in [0.15, 0.2) is 0 Å². The third-order valence-electron chi connectivity index (χ3n) is 6.28. The third-order valence-corrected chi connectivity index (χ3v) is 7.14. The number of carbonyl (C=O) groups is 1. The number of para-hydroxylation sites is 2. The zero-order valence-corrected chi connectivity index (χ0v) is 17.8. The first kappa shape index (κ1) is 19.2. The predicted octanol–water partition coefficient (Wildman–Crippen LogP) is 5.21. The lowest BCUT2D eigenvalue weighted by Gasteiger charge is -2.41. The highest BCUT2D eigenvalue weighted by Crippen LogP contribution is 2.41. The van der Waals surface area contributed by atoms with Gasteiger partial charge in [0.05, 0.1) is 12.2 Å². The number of rotatable bonds is 3. The fourth-order valence-electron chi connectivity index (χ4n) is 4.54. The van der Waals surface area contributed by atoms with Crippen molar-refractivity contribution in [2.45, 2.75) is 31.4 Å².